The Morgan fingerprint density at radius 2 is 1.70 bits per heavy atom. The summed E-state index contributed by atoms with van der Waals surface area (Å²) >= 11 is 0. The van der Waals surface area contributed by atoms with Gasteiger partial charge in [-0.15, -0.1) is 0 Å². The summed E-state index contributed by atoms with van der Waals surface area (Å²) in [6, 6.07) is 16.4. The molecule has 4 heteroatoms. The second-order valence-corrected chi connectivity index (χ2v) is 4.45. The largest absolute Gasteiger partial charge is 0.550 e. The third-order valence-electron chi connectivity index (χ3n) is 2.66. The van der Waals surface area contributed by atoms with Gasteiger partial charge in [0.1, 0.15) is 11.9 Å². The highest BCUT2D eigenvalue weighted by atomic mass is 19.1. The molecule has 0 aliphatic rings. The minimum atomic E-state index is -1.27. The molecule has 2 aromatic rings. The Morgan fingerprint density at radius 1 is 1.15 bits per heavy atom. The fraction of sp³-hybridized carbons (Fsp3) is 0.188. The summed E-state index contributed by atoms with van der Waals surface area (Å²) in [7, 11) is 0. The molecule has 0 radical (unpaired) electrons. The van der Waals surface area contributed by atoms with Crippen LogP contribution in [-0.2, 0) is 11.2 Å². The summed E-state index contributed by atoms with van der Waals surface area (Å²) in [4.78, 5) is 10.0. The summed E-state index contributed by atoms with van der Waals surface area (Å²) < 4.78 is 12.7. The van der Waals surface area contributed by atoms with Gasteiger partial charge in [0.2, 0.25) is 0 Å². The average Bonchev–Trinajstić information content (AvgIpc) is 2.43. The van der Waals surface area contributed by atoms with Crippen LogP contribution < -0.4 is 10.8 Å². The second-order valence-electron chi connectivity index (χ2n) is 4.45. The van der Waals surface area contributed by atoms with E-state index in [0.717, 1.165) is 0 Å². The Morgan fingerprint density at radius 3 is 2.15 bits per heavy atom. The van der Waals surface area contributed by atoms with Gasteiger partial charge in [-0.1, -0.05) is 48.5 Å². The van der Waals surface area contributed by atoms with Crippen molar-refractivity contribution in [2.24, 2.45) is 0 Å². The molecule has 0 aliphatic carbocycles. The molecular formula is C16H18FNO2. The molecule has 0 aromatic heterocycles. The van der Waals surface area contributed by atoms with Gasteiger partial charge < -0.3 is 15.6 Å². The van der Waals surface area contributed by atoms with Gasteiger partial charge in [-0.3, -0.25) is 0 Å². The van der Waals surface area contributed by atoms with Crippen LogP contribution in [0.1, 0.15) is 24.1 Å². The Balaban J connectivity index is 0.000000204. The van der Waals surface area contributed by atoms with Crippen LogP contribution in [0.3, 0.4) is 0 Å². The number of benzene rings is 2. The first-order valence-corrected chi connectivity index (χ1v) is 6.32. The van der Waals surface area contributed by atoms with E-state index in [0.29, 0.717) is 6.04 Å². The first-order chi connectivity index (χ1) is 9.50. The Bertz CT molecular complexity index is 541. The standard InChI is InChI=1S/C8H7FO2.C8H11N/c9-7-4-2-1-3-6(7)5-8(10)11;1-7(9)8-5-3-2-4-6-8/h1-4H,5H2,(H,10,11);2-7H,9H2,1H3/t;7-/m.1/s1. The number of carboxylic acid groups (broad SMARTS) is 1. The van der Waals surface area contributed by atoms with Gasteiger partial charge in [0, 0.05) is 18.0 Å². The molecule has 2 aromatic carbocycles. The molecular weight excluding hydrogens is 257 g/mol. The Hall–Kier alpha value is -2.20. The molecule has 1 atom stereocenters. The summed E-state index contributed by atoms with van der Waals surface area (Å²) in [5, 5.41) is 10.0. The fourth-order valence-electron chi connectivity index (χ4n) is 1.58. The summed E-state index contributed by atoms with van der Waals surface area (Å²) in [6.07, 6.45) is -0.368. The van der Waals surface area contributed by atoms with Crippen LogP contribution in [0.2, 0.25) is 0 Å². The number of halogens is 1. The van der Waals surface area contributed by atoms with Crippen LogP contribution in [0.5, 0.6) is 0 Å². The third-order valence-corrected chi connectivity index (χ3v) is 2.66. The number of quaternary nitrogens is 1. The predicted octanol–water partition coefficient (Wildman–Crippen LogP) is 1.11. The van der Waals surface area contributed by atoms with Crippen molar-refractivity contribution >= 4 is 5.97 Å². The number of carbonyl (C=O) groups excluding carboxylic acids is 1. The highest BCUT2D eigenvalue weighted by Crippen LogP contribution is 2.06. The van der Waals surface area contributed by atoms with Crippen molar-refractivity contribution in [3.05, 3.63) is 71.5 Å². The van der Waals surface area contributed by atoms with Gasteiger partial charge in [0.05, 0.1) is 0 Å². The van der Waals surface area contributed by atoms with Crippen molar-refractivity contribution in [1.82, 2.24) is 0 Å². The van der Waals surface area contributed by atoms with Crippen LogP contribution in [0, 0.1) is 5.82 Å². The van der Waals surface area contributed by atoms with E-state index in [1.807, 2.05) is 18.2 Å². The zero-order valence-electron chi connectivity index (χ0n) is 11.4. The first-order valence-electron chi connectivity index (χ1n) is 6.32. The fourth-order valence-corrected chi connectivity index (χ4v) is 1.58. The Labute approximate surface area is 117 Å². The highest BCUT2D eigenvalue weighted by molar-refractivity contribution is 5.67. The number of hydrogen-bond donors (Lipinski definition) is 1. The zero-order chi connectivity index (χ0) is 15.0. The molecule has 0 spiro atoms. The average molecular weight is 275 g/mol. The summed E-state index contributed by atoms with van der Waals surface area (Å²) in [5.74, 6) is -1.77. The molecule has 106 valence electrons. The normalized spacial score (nSPS) is 11.2. The van der Waals surface area contributed by atoms with Crippen molar-refractivity contribution in [3.8, 4) is 0 Å². The first kappa shape index (κ1) is 15.9. The molecule has 0 saturated heterocycles. The van der Waals surface area contributed by atoms with E-state index < -0.39 is 11.8 Å². The number of carbonyl (C=O) groups is 1. The van der Waals surface area contributed by atoms with Gasteiger partial charge in [-0.25, -0.2) is 4.39 Å². The number of carboxylic acids is 1. The van der Waals surface area contributed by atoms with Gasteiger partial charge in [-0.2, -0.15) is 0 Å². The zero-order valence-corrected chi connectivity index (χ0v) is 11.4. The predicted molar refractivity (Wildman–Crippen MR) is 72.9 cm³/mol. The summed E-state index contributed by atoms with van der Waals surface area (Å²) in [5.41, 5.74) is 5.37. The van der Waals surface area contributed by atoms with Crippen LogP contribution in [0.25, 0.3) is 0 Å². The lowest BCUT2D eigenvalue weighted by atomic mass is 10.1. The van der Waals surface area contributed by atoms with E-state index in [1.165, 1.54) is 23.8 Å². The van der Waals surface area contributed by atoms with E-state index in [1.54, 1.807) is 6.07 Å². The lowest BCUT2D eigenvalue weighted by Crippen LogP contribution is -2.51. The quantitative estimate of drug-likeness (QED) is 0.911. The van der Waals surface area contributed by atoms with Crippen molar-refractivity contribution in [2.75, 3.05) is 0 Å². The molecule has 20 heavy (non-hydrogen) atoms. The van der Waals surface area contributed by atoms with Gasteiger partial charge in [0.25, 0.3) is 0 Å². The Kier molecular flexibility index (Phi) is 6.40. The van der Waals surface area contributed by atoms with Crippen LogP contribution in [0.4, 0.5) is 4.39 Å². The maximum absolute atomic E-state index is 12.7. The minimum absolute atomic E-state index is 0.160. The van der Waals surface area contributed by atoms with Crippen LogP contribution >= 0.6 is 0 Å². The van der Waals surface area contributed by atoms with Gasteiger partial charge >= 0.3 is 0 Å². The SMILES string of the molecule is C[C@@H]([NH3+])c1ccccc1.O=C([O-])Cc1ccccc1F. The lowest BCUT2D eigenvalue weighted by Gasteiger charge is -2.02. The maximum atomic E-state index is 12.7. The minimum Gasteiger partial charge on any atom is -0.550 e. The lowest BCUT2D eigenvalue weighted by molar-refractivity contribution is -0.420. The van der Waals surface area contributed by atoms with Crippen molar-refractivity contribution in [1.29, 1.82) is 0 Å². The molecule has 0 bridgehead atoms. The molecule has 0 saturated carbocycles. The van der Waals surface area contributed by atoms with Crippen LogP contribution in [-0.4, -0.2) is 5.97 Å². The van der Waals surface area contributed by atoms with E-state index in [-0.39, 0.29) is 12.0 Å². The molecule has 0 unspecified atom stereocenters. The van der Waals surface area contributed by atoms with Gasteiger partial charge in [-0.05, 0) is 18.6 Å². The van der Waals surface area contributed by atoms with Crippen molar-refractivity contribution in [3.63, 3.8) is 0 Å². The van der Waals surface area contributed by atoms with E-state index in [4.69, 9.17) is 0 Å². The van der Waals surface area contributed by atoms with E-state index in [2.05, 4.69) is 24.8 Å². The number of aliphatic carboxylic acids is 1. The van der Waals surface area contributed by atoms with Crippen LogP contribution in [0.15, 0.2) is 54.6 Å². The monoisotopic (exact) mass is 275 g/mol. The molecule has 0 aliphatic heterocycles. The molecule has 3 N–H and O–H groups in total. The smallest absolute Gasteiger partial charge is 0.126 e. The molecule has 2 rings (SSSR count). The summed E-state index contributed by atoms with van der Waals surface area (Å²) in [6.45, 7) is 2.09. The van der Waals surface area contributed by atoms with Gasteiger partial charge in [0.15, 0.2) is 0 Å². The number of rotatable bonds is 3. The molecule has 0 fully saturated rings. The number of hydrogen-bond acceptors (Lipinski definition) is 2. The second kappa shape index (κ2) is 8.07. The molecule has 0 heterocycles. The van der Waals surface area contributed by atoms with Crippen molar-refractivity contribution < 1.29 is 20.0 Å². The molecule has 3 nitrogen and oxygen atoms in total. The highest BCUT2D eigenvalue weighted by Gasteiger charge is 1.99. The van der Waals surface area contributed by atoms with E-state index in [9.17, 15) is 14.3 Å². The maximum Gasteiger partial charge on any atom is 0.126 e. The molecule has 0 amide bonds. The van der Waals surface area contributed by atoms with Crippen molar-refractivity contribution in [2.45, 2.75) is 19.4 Å². The van der Waals surface area contributed by atoms with E-state index >= 15 is 0 Å². The topological polar surface area (TPSA) is 67.8 Å². The third kappa shape index (κ3) is 5.63.